The highest BCUT2D eigenvalue weighted by atomic mass is 79.9. The lowest BCUT2D eigenvalue weighted by molar-refractivity contribution is 0.0697. The Labute approximate surface area is 129 Å². The van der Waals surface area contributed by atoms with Crippen molar-refractivity contribution in [2.24, 2.45) is 0 Å². The number of carbonyl (C=O) groups is 1. The maximum atomic E-state index is 10.9. The predicted molar refractivity (Wildman–Crippen MR) is 84.5 cm³/mol. The van der Waals surface area contributed by atoms with E-state index in [4.69, 9.17) is 5.11 Å². The van der Waals surface area contributed by atoms with E-state index in [1.54, 1.807) is 18.2 Å². The van der Waals surface area contributed by atoms with E-state index in [0.717, 1.165) is 15.6 Å². The number of H-pyrrole nitrogens is 1. The number of halogens is 1. The third-order valence-corrected chi connectivity index (χ3v) is 3.63. The summed E-state index contributed by atoms with van der Waals surface area (Å²) in [4.78, 5) is 18.4. The molecule has 3 N–H and O–H groups in total. The molecule has 5 nitrogen and oxygen atoms in total. The molecule has 0 fully saturated rings. The first-order chi connectivity index (χ1) is 10.1. The van der Waals surface area contributed by atoms with Gasteiger partial charge in [-0.2, -0.15) is 0 Å². The van der Waals surface area contributed by atoms with Crippen LogP contribution in [-0.2, 0) is 6.54 Å². The maximum absolute atomic E-state index is 10.9. The van der Waals surface area contributed by atoms with E-state index in [9.17, 15) is 4.79 Å². The molecule has 0 saturated heterocycles. The predicted octanol–water partition coefficient (Wildman–Crippen LogP) is 3.64. The van der Waals surface area contributed by atoms with Crippen molar-refractivity contribution in [2.45, 2.75) is 6.54 Å². The molecular formula is C15H12BrN3O2. The van der Waals surface area contributed by atoms with Gasteiger partial charge in [0.05, 0.1) is 16.6 Å². The van der Waals surface area contributed by atoms with Crippen molar-refractivity contribution >= 4 is 38.9 Å². The number of imidazole rings is 1. The molecule has 0 aliphatic heterocycles. The van der Waals surface area contributed by atoms with Crippen molar-refractivity contribution in [1.82, 2.24) is 9.97 Å². The SMILES string of the molecule is O=C(O)c1ccc2nc(NCc3ccc(Br)cc3)[nH]c2c1. The lowest BCUT2D eigenvalue weighted by atomic mass is 10.2. The summed E-state index contributed by atoms with van der Waals surface area (Å²) >= 11 is 3.40. The fraction of sp³-hybridized carbons (Fsp3) is 0.0667. The molecule has 6 heteroatoms. The molecule has 0 saturated carbocycles. The van der Waals surface area contributed by atoms with Crippen LogP contribution in [0, 0.1) is 0 Å². The molecular weight excluding hydrogens is 334 g/mol. The molecule has 106 valence electrons. The summed E-state index contributed by atoms with van der Waals surface area (Å²) in [5, 5.41) is 12.2. The molecule has 0 spiro atoms. The second kappa shape index (κ2) is 5.57. The third-order valence-electron chi connectivity index (χ3n) is 3.10. The highest BCUT2D eigenvalue weighted by Crippen LogP contribution is 2.17. The number of anilines is 1. The summed E-state index contributed by atoms with van der Waals surface area (Å²) in [5.41, 5.74) is 2.81. The molecule has 0 radical (unpaired) electrons. The normalized spacial score (nSPS) is 10.7. The van der Waals surface area contributed by atoms with Crippen LogP contribution in [-0.4, -0.2) is 21.0 Å². The van der Waals surface area contributed by atoms with Crippen molar-refractivity contribution < 1.29 is 9.90 Å². The monoisotopic (exact) mass is 345 g/mol. The Morgan fingerprint density at radius 1 is 1.24 bits per heavy atom. The van der Waals surface area contributed by atoms with E-state index < -0.39 is 5.97 Å². The fourth-order valence-electron chi connectivity index (χ4n) is 2.01. The molecule has 1 aromatic heterocycles. The van der Waals surface area contributed by atoms with Crippen molar-refractivity contribution in [2.75, 3.05) is 5.32 Å². The second-order valence-corrected chi connectivity index (χ2v) is 5.52. The molecule has 0 aliphatic carbocycles. The Hall–Kier alpha value is -2.34. The van der Waals surface area contributed by atoms with Crippen LogP contribution in [0.15, 0.2) is 46.9 Å². The van der Waals surface area contributed by atoms with Crippen LogP contribution < -0.4 is 5.32 Å². The van der Waals surface area contributed by atoms with Gasteiger partial charge in [0, 0.05) is 11.0 Å². The molecule has 0 bridgehead atoms. The zero-order valence-electron chi connectivity index (χ0n) is 10.9. The van der Waals surface area contributed by atoms with Gasteiger partial charge in [0.2, 0.25) is 5.95 Å². The number of aromatic carboxylic acids is 1. The van der Waals surface area contributed by atoms with Gasteiger partial charge in [0.15, 0.2) is 0 Å². The number of aromatic amines is 1. The number of fused-ring (bicyclic) bond motifs is 1. The Balaban J connectivity index is 1.78. The van der Waals surface area contributed by atoms with Crippen LogP contribution in [0.25, 0.3) is 11.0 Å². The van der Waals surface area contributed by atoms with Gasteiger partial charge >= 0.3 is 5.97 Å². The number of hydrogen-bond donors (Lipinski definition) is 3. The molecule has 1 heterocycles. The van der Waals surface area contributed by atoms with E-state index in [1.807, 2.05) is 24.3 Å². The molecule has 3 rings (SSSR count). The molecule has 0 aliphatic rings. The van der Waals surface area contributed by atoms with Crippen molar-refractivity contribution in [3.8, 4) is 0 Å². The van der Waals surface area contributed by atoms with E-state index in [2.05, 4.69) is 31.2 Å². The van der Waals surface area contributed by atoms with E-state index in [0.29, 0.717) is 18.0 Å². The highest BCUT2D eigenvalue weighted by molar-refractivity contribution is 9.10. The maximum Gasteiger partial charge on any atom is 0.335 e. The van der Waals surface area contributed by atoms with Gasteiger partial charge in [0.25, 0.3) is 0 Å². The molecule has 0 atom stereocenters. The van der Waals surface area contributed by atoms with Gasteiger partial charge in [-0.3, -0.25) is 0 Å². The minimum atomic E-state index is -0.948. The largest absolute Gasteiger partial charge is 0.478 e. The number of nitrogens with zero attached hydrogens (tertiary/aromatic N) is 1. The third kappa shape index (κ3) is 3.05. The summed E-state index contributed by atoms with van der Waals surface area (Å²) in [6, 6.07) is 12.8. The number of benzene rings is 2. The lowest BCUT2D eigenvalue weighted by Gasteiger charge is -2.02. The van der Waals surface area contributed by atoms with Gasteiger partial charge in [-0.1, -0.05) is 28.1 Å². The van der Waals surface area contributed by atoms with E-state index >= 15 is 0 Å². The molecule has 0 amide bonds. The Morgan fingerprint density at radius 3 is 2.71 bits per heavy atom. The van der Waals surface area contributed by atoms with Crippen molar-refractivity contribution in [3.63, 3.8) is 0 Å². The molecule has 21 heavy (non-hydrogen) atoms. The Bertz CT molecular complexity index is 796. The average molecular weight is 346 g/mol. The van der Waals surface area contributed by atoms with Crippen LogP contribution >= 0.6 is 15.9 Å². The smallest absolute Gasteiger partial charge is 0.335 e. The van der Waals surface area contributed by atoms with Gasteiger partial charge in [-0.05, 0) is 35.9 Å². The van der Waals surface area contributed by atoms with Gasteiger partial charge in [-0.15, -0.1) is 0 Å². The van der Waals surface area contributed by atoms with Crippen LogP contribution in [0.2, 0.25) is 0 Å². The van der Waals surface area contributed by atoms with Crippen molar-refractivity contribution in [1.29, 1.82) is 0 Å². The second-order valence-electron chi connectivity index (χ2n) is 4.60. The Morgan fingerprint density at radius 2 is 2.00 bits per heavy atom. The quantitative estimate of drug-likeness (QED) is 0.674. The zero-order valence-corrected chi connectivity index (χ0v) is 12.5. The van der Waals surface area contributed by atoms with E-state index in [-0.39, 0.29) is 5.56 Å². The Kier molecular flexibility index (Phi) is 3.62. The minimum absolute atomic E-state index is 0.241. The minimum Gasteiger partial charge on any atom is -0.478 e. The number of nitrogens with one attached hydrogen (secondary N) is 2. The summed E-state index contributed by atoms with van der Waals surface area (Å²) < 4.78 is 1.04. The first-order valence-electron chi connectivity index (χ1n) is 6.33. The number of hydrogen-bond acceptors (Lipinski definition) is 3. The van der Waals surface area contributed by atoms with E-state index in [1.165, 1.54) is 0 Å². The van der Waals surface area contributed by atoms with Crippen LogP contribution in [0.5, 0.6) is 0 Å². The van der Waals surface area contributed by atoms with Crippen LogP contribution in [0.1, 0.15) is 15.9 Å². The van der Waals surface area contributed by atoms with Crippen LogP contribution in [0.4, 0.5) is 5.95 Å². The summed E-state index contributed by atoms with van der Waals surface area (Å²) in [5.74, 6) is -0.327. The summed E-state index contributed by atoms with van der Waals surface area (Å²) in [7, 11) is 0. The number of carboxylic acid groups (broad SMARTS) is 1. The molecule has 0 unspecified atom stereocenters. The summed E-state index contributed by atoms with van der Waals surface area (Å²) in [6.07, 6.45) is 0. The zero-order chi connectivity index (χ0) is 14.8. The number of carboxylic acids is 1. The first-order valence-corrected chi connectivity index (χ1v) is 7.12. The van der Waals surface area contributed by atoms with Crippen molar-refractivity contribution in [3.05, 3.63) is 58.1 Å². The fourth-order valence-corrected chi connectivity index (χ4v) is 2.28. The standard InChI is InChI=1S/C15H12BrN3O2/c16-11-4-1-9(2-5-11)8-17-15-18-12-6-3-10(14(20)21)7-13(12)19-15/h1-7H,8H2,(H,20,21)(H2,17,18,19). The molecule has 3 aromatic rings. The van der Waals surface area contributed by atoms with Gasteiger partial charge in [0.1, 0.15) is 0 Å². The van der Waals surface area contributed by atoms with Gasteiger partial charge in [-0.25, -0.2) is 9.78 Å². The average Bonchev–Trinajstić information content (AvgIpc) is 2.88. The number of rotatable bonds is 4. The van der Waals surface area contributed by atoms with Crippen LogP contribution in [0.3, 0.4) is 0 Å². The molecule has 2 aromatic carbocycles. The lowest BCUT2D eigenvalue weighted by Crippen LogP contribution is -2.00. The first kappa shape index (κ1) is 13.6. The topological polar surface area (TPSA) is 78.0 Å². The number of aromatic nitrogens is 2. The summed E-state index contributed by atoms with van der Waals surface area (Å²) in [6.45, 7) is 0.638. The highest BCUT2D eigenvalue weighted by Gasteiger charge is 2.07. The van der Waals surface area contributed by atoms with Gasteiger partial charge < -0.3 is 15.4 Å².